The van der Waals surface area contributed by atoms with Gasteiger partial charge < -0.3 is 24.5 Å². The zero-order valence-corrected chi connectivity index (χ0v) is 22.7. The van der Waals surface area contributed by atoms with Crippen molar-refractivity contribution in [1.29, 1.82) is 0 Å². The predicted octanol–water partition coefficient (Wildman–Crippen LogP) is 4.58. The third kappa shape index (κ3) is 5.96. The number of carbonyl (C=O) groups excluding carboxylic acids is 1. The van der Waals surface area contributed by atoms with Crippen molar-refractivity contribution in [1.82, 2.24) is 30.3 Å². The minimum absolute atomic E-state index is 0.391. The largest absolute Gasteiger partial charge is 0.444 e. The average molecular weight is 518 g/mol. The molecule has 5 rings (SSSR count). The lowest BCUT2D eigenvalue weighted by Crippen LogP contribution is -2.46. The first-order chi connectivity index (χ1) is 18.1. The molecule has 10 heteroatoms. The number of anilines is 1. The van der Waals surface area contributed by atoms with Crippen LogP contribution >= 0.6 is 0 Å². The van der Waals surface area contributed by atoms with E-state index in [1.807, 2.05) is 64.2 Å². The Kier molecular flexibility index (Phi) is 7.07. The molecule has 0 aliphatic carbocycles. The summed E-state index contributed by atoms with van der Waals surface area (Å²) in [6.45, 7) is 14.4. The first-order valence-electron chi connectivity index (χ1n) is 13.0. The summed E-state index contributed by atoms with van der Waals surface area (Å²) in [6, 6.07) is 9.96. The van der Waals surface area contributed by atoms with Gasteiger partial charge in [-0.3, -0.25) is 4.90 Å². The van der Waals surface area contributed by atoms with E-state index in [0.717, 1.165) is 77.9 Å². The summed E-state index contributed by atoms with van der Waals surface area (Å²) in [6.07, 6.45) is 1.47. The number of alkyl carbamates (subject to hydrolysis) is 1. The van der Waals surface area contributed by atoms with Crippen LogP contribution in [0, 0.1) is 13.8 Å². The Labute approximate surface area is 222 Å². The van der Waals surface area contributed by atoms with Gasteiger partial charge in [-0.25, -0.2) is 14.8 Å². The molecule has 0 spiro atoms. The van der Waals surface area contributed by atoms with E-state index >= 15 is 0 Å². The minimum Gasteiger partial charge on any atom is -0.444 e. The molecule has 0 radical (unpaired) electrons. The lowest BCUT2D eigenvalue weighted by atomic mass is 10.1. The molecule has 200 valence electrons. The highest BCUT2D eigenvalue weighted by atomic mass is 16.6. The number of imidazole rings is 1. The molecule has 1 aliphatic rings. The van der Waals surface area contributed by atoms with Gasteiger partial charge in [0.2, 0.25) is 0 Å². The first-order valence-corrected chi connectivity index (χ1v) is 13.0. The summed E-state index contributed by atoms with van der Waals surface area (Å²) in [4.78, 5) is 29.7. The highest BCUT2D eigenvalue weighted by Gasteiger charge is 2.23. The minimum atomic E-state index is -0.523. The van der Waals surface area contributed by atoms with Gasteiger partial charge in [0.15, 0.2) is 5.65 Å². The zero-order chi connectivity index (χ0) is 26.9. The number of hydrogen-bond donors (Lipinski definition) is 2. The topological polar surface area (TPSA) is 112 Å². The highest BCUT2D eigenvalue weighted by molar-refractivity contribution is 5.90. The average Bonchev–Trinajstić information content (AvgIpc) is 3.48. The molecule has 0 atom stereocenters. The Balaban J connectivity index is 1.27. The van der Waals surface area contributed by atoms with Crippen LogP contribution in [0.3, 0.4) is 0 Å². The smallest absolute Gasteiger partial charge is 0.407 e. The summed E-state index contributed by atoms with van der Waals surface area (Å²) in [7, 11) is 0. The molecule has 3 aromatic heterocycles. The number of aryl methyl sites for hydroxylation is 2. The number of carbonyl (C=O) groups is 1. The van der Waals surface area contributed by atoms with Crippen LogP contribution in [0.2, 0.25) is 0 Å². The normalized spacial score (nSPS) is 14.7. The highest BCUT2D eigenvalue weighted by Crippen LogP contribution is 2.31. The molecule has 10 nitrogen and oxygen atoms in total. The van der Waals surface area contributed by atoms with Gasteiger partial charge in [-0.15, -0.1) is 0 Å². The van der Waals surface area contributed by atoms with Gasteiger partial charge >= 0.3 is 6.09 Å². The zero-order valence-electron chi connectivity index (χ0n) is 22.7. The maximum Gasteiger partial charge on any atom is 0.407 e. The fraction of sp³-hybridized carbons (Fsp3) is 0.429. The van der Waals surface area contributed by atoms with Crippen molar-refractivity contribution < 1.29 is 14.1 Å². The number of fused-ring (bicyclic) bond motifs is 1. The monoisotopic (exact) mass is 517 g/mol. The van der Waals surface area contributed by atoms with Crippen molar-refractivity contribution in [3.05, 3.63) is 59.1 Å². The van der Waals surface area contributed by atoms with Crippen LogP contribution in [0.5, 0.6) is 0 Å². The second kappa shape index (κ2) is 10.4. The van der Waals surface area contributed by atoms with Gasteiger partial charge in [-0.1, -0.05) is 29.4 Å². The quantitative estimate of drug-likeness (QED) is 0.382. The summed E-state index contributed by atoms with van der Waals surface area (Å²) in [5.74, 6) is 1.61. The molecule has 38 heavy (non-hydrogen) atoms. The fourth-order valence-electron chi connectivity index (χ4n) is 4.70. The Bertz CT molecular complexity index is 1410. The molecule has 1 saturated heterocycles. The van der Waals surface area contributed by atoms with E-state index in [0.29, 0.717) is 12.2 Å². The van der Waals surface area contributed by atoms with Crippen LogP contribution in [0.4, 0.5) is 10.5 Å². The Morgan fingerprint density at radius 1 is 1.13 bits per heavy atom. The molecule has 1 aromatic carbocycles. The number of ether oxygens (including phenoxy) is 1. The van der Waals surface area contributed by atoms with Crippen LogP contribution in [0.15, 0.2) is 41.1 Å². The summed E-state index contributed by atoms with van der Waals surface area (Å²) < 4.78 is 10.5. The van der Waals surface area contributed by atoms with E-state index in [1.54, 1.807) is 0 Å². The van der Waals surface area contributed by atoms with Gasteiger partial charge in [-0.2, -0.15) is 0 Å². The number of piperazine rings is 1. The SMILES string of the molecule is Cc1cc(CN2CCN(c3c(C)cnc4nc(-c5ccc(CNC(=O)OC(C)(C)C)cc5)[nH]c34)CC2)no1. The van der Waals surface area contributed by atoms with E-state index in [2.05, 4.69) is 37.2 Å². The second-order valence-electron chi connectivity index (χ2n) is 10.8. The van der Waals surface area contributed by atoms with Gasteiger partial charge in [0, 0.05) is 57.1 Å². The van der Waals surface area contributed by atoms with Crippen molar-refractivity contribution in [2.45, 2.75) is 53.3 Å². The Morgan fingerprint density at radius 3 is 2.53 bits per heavy atom. The lowest BCUT2D eigenvalue weighted by Gasteiger charge is -2.36. The van der Waals surface area contributed by atoms with Crippen molar-refractivity contribution in [3.8, 4) is 11.4 Å². The van der Waals surface area contributed by atoms with Crippen LogP contribution in [-0.2, 0) is 17.8 Å². The van der Waals surface area contributed by atoms with Gasteiger partial charge in [0.25, 0.3) is 0 Å². The number of aromatic nitrogens is 4. The van der Waals surface area contributed by atoms with E-state index in [-0.39, 0.29) is 0 Å². The predicted molar refractivity (Wildman–Crippen MR) is 146 cm³/mol. The van der Waals surface area contributed by atoms with Gasteiger partial charge in [0.05, 0.1) is 11.4 Å². The maximum atomic E-state index is 11.9. The van der Waals surface area contributed by atoms with E-state index < -0.39 is 11.7 Å². The number of aromatic amines is 1. The number of nitrogens with one attached hydrogen (secondary N) is 2. The molecule has 0 bridgehead atoms. The van der Waals surface area contributed by atoms with E-state index in [4.69, 9.17) is 14.2 Å². The van der Waals surface area contributed by atoms with Crippen molar-refractivity contribution >= 4 is 22.9 Å². The number of pyridine rings is 1. The number of H-pyrrole nitrogens is 1. The van der Waals surface area contributed by atoms with Crippen molar-refractivity contribution in [2.24, 2.45) is 0 Å². The molecule has 2 N–H and O–H groups in total. The number of hydrogen-bond acceptors (Lipinski definition) is 8. The maximum absolute atomic E-state index is 11.9. The summed E-state index contributed by atoms with van der Waals surface area (Å²) in [5, 5.41) is 6.93. The number of benzene rings is 1. The van der Waals surface area contributed by atoms with Gasteiger partial charge in [-0.05, 0) is 45.7 Å². The molecular weight excluding hydrogens is 482 g/mol. The lowest BCUT2D eigenvalue weighted by molar-refractivity contribution is 0.0523. The number of nitrogens with zero attached hydrogens (tertiary/aromatic N) is 5. The van der Waals surface area contributed by atoms with Gasteiger partial charge in [0.1, 0.15) is 22.7 Å². The van der Waals surface area contributed by atoms with Crippen LogP contribution < -0.4 is 10.2 Å². The molecule has 1 amide bonds. The van der Waals surface area contributed by atoms with E-state index in [1.165, 1.54) is 0 Å². The molecule has 4 heterocycles. The second-order valence-corrected chi connectivity index (χ2v) is 10.8. The molecule has 1 fully saturated rings. The molecule has 1 aliphatic heterocycles. The molecule has 0 unspecified atom stereocenters. The fourth-order valence-corrected chi connectivity index (χ4v) is 4.70. The van der Waals surface area contributed by atoms with Crippen LogP contribution in [-0.4, -0.2) is 62.9 Å². The van der Waals surface area contributed by atoms with Crippen LogP contribution in [0.1, 0.15) is 43.4 Å². The Hall–Kier alpha value is -3.92. The number of amides is 1. The summed E-state index contributed by atoms with van der Waals surface area (Å²) in [5.41, 5.74) is 6.33. The van der Waals surface area contributed by atoms with Crippen molar-refractivity contribution in [3.63, 3.8) is 0 Å². The van der Waals surface area contributed by atoms with E-state index in [9.17, 15) is 4.79 Å². The van der Waals surface area contributed by atoms with Crippen molar-refractivity contribution in [2.75, 3.05) is 31.1 Å². The standard InChI is InChI=1S/C28H35N7O3/c1-18-15-29-26-23(24(18)35-12-10-34(11-13-35)17-22-14-19(2)38-33-22)31-25(32-26)21-8-6-20(7-9-21)16-30-27(36)37-28(3,4)5/h6-9,14-15H,10-13,16-17H2,1-5H3,(H,30,36)(H,29,31,32). The molecular formula is C28H35N7O3. The third-order valence-corrected chi connectivity index (χ3v) is 6.49. The summed E-state index contributed by atoms with van der Waals surface area (Å²) >= 11 is 0. The Morgan fingerprint density at radius 2 is 1.87 bits per heavy atom. The third-order valence-electron chi connectivity index (χ3n) is 6.49. The number of rotatable bonds is 6. The molecule has 4 aromatic rings. The molecule has 0 saturated carbocycles. The van der Waals surface area contributed by atoms with Crippen LogP contribution in [0.25, 0.3) is 22.6 Å². The first kappa shape index (κ1) is 25.7.